The highest BCUT2D eigenvalue weighted by Crippen LogP contribution is 2.23. The van der Waals surface area contributed by atoms with E-state index in [1.807, 2.05) is 0 Å². The summed E-state index contributed by atoms with van der Waals surface area (Å²) >= 11 is 0. The van der Waals surface area contributed by atoms with E-state index in [2.05, 4.69) is 4.74 Å². The first-order valence-corrected chi connectivity index (χ1v) is 4.99. The molecule has 0 fully saturated rings. The van der Waals surface area contributed by atoms with Crippen LogP contribution in [-0.4, -0.2) is 12.1 Å². The number of rotatable bonds is 3. The maximum atomic E-state index is 12.1. The summed E-state index contributed by atoms with van der Waals surface area (Å²) in [4.78, 5) is 10.7. The molecule has 0 N–H and O–H groups in total. The fourth-order valence-electron chi connectivity index (χ4n) is 1.16. The molecule has 0 bridgehead atoms. The second kappa shape index (κ2) is 5.52. The fraction of sp³-hybridized carbons (Fsp3) is 0.250. The maximum absolute atomic E-state index is 12.1. The molecule has 17 heavy (non-hydrogen) atoms. The van der Waals surface area contributed by atoms with Crippen molar-refractivity contribution in [2.24, 2.45) is 0 Å². The standard InChI is InChI=1S/C12H11F3O2/c1-2-6-10(9-7-4-3-5-8-9)17-11(16)12(13,14)15/h3-8H,2H2,1H3. The molecule has 0 aliphatic heterocycles. The number of hydrogen-bond acceptors (Lipinski definition) is 2. The molecule has 0 radical (unpaired) electrons. The zero-order chi connectivity index (χ0) is 12.9. The predicted octanol–water partition coefficient (Wildman–Crippen LogP) is 3.54. The molecule has 0 aliphatic carbocycles. The van der Waals surface area contributed by atoms with Crippen LogP contribution >= 0.6 is 0 Å². The van der Waals surface area contributed by atoms with Crippen LogP contribution in [0.25, 0.3) is 5.76 Å². The van der Waals surface area contributed by atoms with E-state index in [4.69, 9.17) is 0 Å². The Hall–Kier alpha value is -1.78. The molecule has 92 valence electrons. The lowest BCUT2D eigenvalue weighted by atomic mass is 10.1. The van der Waals surface area contributed by atoms with Crippen molar-refractivity contribution in [2.45, 2.75) is 19.5 Å². The van der Waals surface area contributed by atoms with Gasteiger partial charge in [-0.05, 0) is 12.5 Å². The summed E-state index contributed by atoms with van der Waals surface area (Å²) < 4.78 is 40.5. The van der Waals surface area contributed by atoms with Crippen LogP contribution in [0.3, 0.4) is 0 Å². The number of halogens is 3. The number of ether oxygens (including phenoxy) is 1. The molecule has 0 aliphatic rings. The molecule has 0 spiro atoms. The first-order valence-electron chi connectivity index (χ1n) is 4.99. The van der Waals surface area contributed by atoms with E-state index >= 15 is 0 Å². The van der Waals surface area contributed by atoms with Crippen LogP contribution in [0, 0.1) is 0 Å². The Morgan fingerprint density at radius 1 is 1.29 bits per heavy atom. The number of benzene rings is 1. The van der Waals surface area contributed by atoms with Crippen molar-refractivity contribution < 1.29 is 22.7 Å². The number of carbonyl (C=O) groups is 1. The summed E-state index contributed by atoms with van der Waals surface area (Å²) in [5.41, 5.74) is 0.437. The third-order valence-electron chi connectivity index (χ3n) is 1.88. The Kier molecular flexibility index (Phi) is 4.31. The van der Waals surface area contributed by atoms with E-state index in [1.54, 1.807) is 37.3 Å². The Morgan fingerprint density at radius 2 is 1.88 bits per heavy atom. The van der Waals surface area contributed by atoms with Crippen LogP contribution < -0.4 is 0 Å². The van der Waals surface area contributed by atoms with Crippen LogP contribution in [0.15, 0.2) is 36.4 Å². The molecule has 1 aromatic rings. The van der Waals surface area contributed by atoms with Gasteiger partial charge in [-0.2, -0.15) is 13.2 Å². The van der Waals surface area contributed by atoms with Gasteiger partial charge in [0.1, 0.15) is 5.76 Å². The van der Waals surface area contributed by atoms with E-state index in [0.29, 0.717) is 12.0 Å². The van der Waals surface area contributed by atoms with Gasteiger partial charge in [0, 0.05) is 5.56 Å². The van der Waals surface area contributed by atoms with Crippen LogP contribution in [0.5, 0.6) is 0 Å². The second-order valence-electron chi connectivity index (χ2n) is 3.23. The number of carbonyl (C=O) groups excluding carboxylic acids is 1. The lowest BCUT2D eigenvalue weighted by Gasteiger charge is -2.10. The molecule has 1 aromatic carbocycles. The smallest absolute Gasteiger partial charge is 0.420 e. The van der Waals surface area contributed by atoms with Gasteiger partial charge in [0.15, 0.2) is 0 Å². The number of esters is 1. The first-order chi connectivity index (χ1) is 7.95. The minimum Gasteiger partial charge on any atom is -0.420 e. The van der Waals surface area contributed by atoms with Crippen molar-refractivity contribution in [3.05, 3.63) is 42.0 Å². The third-order valence-corrected chi connectivity index (χ3v) is 1.88. The van der Waals surface area contributed by atoms with Gasteiger partial charge in [0.25, 0.3) is 0 Å². The molecule has 0 amide bonds. The van der Waals surface area contributed by atoms with Gasteiger partial charge in [-0.25, -0.2) is 4.79 Å². The average Bonchev–Trinajstić information content (AvgIpc) is 2.28. The average molecular weight is 244 g/mol. The monoisotopic (exact) mass is 244 g/mol. The summed E-state index contributed by atoms with van der Waals surface area (Å²) in [5, 5.41) is 0. The zero-order valence-corrected chi connectivity index (χ0v) is 9.12. The SMILES string of the molecule is CCC=C(OC(=O)C(F)(F)F)c1ccccc1. The molecule has 1 rings (SSSR count). The molecule has 5 heteroatoms. The highest BCUT2D eigenvalue weighted by molar-refractivity contribution is 5.82. The van der Waals surface area contributed by atoms with Gasteiger partial charge in [0.05, 0.1) is 0 Å². The van der Waals surface area contributed by atoms with E-state index in [1.165, 1.54) is 6.08 Å². The quantitative estimate of drug-likeness (QED) is 0.600. The van der Waals surface area contributed by atoms with E-state index in [9.17, 15) is 18.0 Å². The van der Waals surface area contributed by atoms with Crippen molar-refractivity contribution >= 4 is 11.7 Å². The number of allylic oxidation sites excluding steroid dienone is 1. The van der Waals surface area contributed by atoms with Gasteiger partial charge in [-0.15, -0.1) is 0 Å². The van der Waals surface area contributed by atoms with E-state index in [-0.39, 0.29) is 5.76 Å². The molecular formula is C12H11F3O2. The summed E-state index contributed by atoms with van der Waals surface area (Å²) in [7, 11) is 0. The molecule has 0 atom stereocenters. The zero-order valence-electron chi connectivity index (χ0n) is 9.12. The minimum absolute atomic E-state index is 0.0737. The summed E-state index contributed by atoms with van der Waals surface area (Å²) in [6, 6.07) is 8.18. The lowest BCUT2D eigenvalue weighted by Crippen LogP contribution is -2.24. The minimum atomic E-state index is -4.98. The maximum Gasteiger partial charge on any atom is 0.491 e. The van der Waals surface area contributed by atoms with Crippen molar-refractivity contribution in [3.8, 4) is 0 Å². The van der Waals surface area contributed by atoms with Gasteiger partial charge < -0.3 is 4.74 Å². The molecular weight excluding hydrogens is 233 g/mol. The predicted molar refractivity (Wildman–Crippen MR) is 56.9 cm³/mol. The third kappa shape index (κ3) is 3.94. The van der Waals surface area contributed by atoms with Gasteiger partial charge in [0.2, 0.25) is 0 Å². The highest BCUT2D eigenvalue weighted by Gasteiger charge is 2.41. The van der Waals surface area contributed by atoms with Crippen LogP contribution in [0.4, 0.5) is 13.2 Å². The molecule has 0 heterocycles. The van der Waals surface area contributed by atoms with Crippen LogP contribution in [0.1, 0.15) is 18.9 Å². The number of hydrogen-bond donors (Lipinski definition) is 0. The Balaban J connectivity index is 2.90. The van der Waals surface area contributed by atoms with Crippen molar-refractivity contribution in [3.63, 3.8) is 0 Å². The van der Waals surface area contributed by atoms with Crippen molar-refractivity contribution in [1.82, 2.24) is 0 Å². The Bertz CT molecular complexity index is 408. The van der Waals surface area contributed by atoms with E-state index in [0.717, 1.165) is 0 Å². The molecule has 2 nitrogen and oxygen atoms in total. The van der Waals surface area contributed by atoms with Gasteiger partial charge >= 0.3 is 12.1 Å². The Morgan fingerprint density at radius 3 is 2.35 bits per heavy atom. The largest absolute Gasteiger partial charge is 0.491 e. The molecule has 0 unspecified atom stereocenters. The van der Waals surface area contributed by atoms with Gasteiger partial charge in [-0.3, -0.25) is 0 Å². The van der Waals surface area contributed by atoms with E-state index < -0.39 is 12.1 Å². The number of alkyl halides is 3. The summed E-state index contributed by atoms with van der Waals surface area (Å²) in [5.74, 6) is -2.28. The highest BCUT2D eigenvalue weighted by atomic mass is 19.4. The Labute approximate surface area is 96.7 Å². The first kappa shape index (κ1) is 13.3. The van der Waals surface area contributed by atoms with Crippen LogP contribution in [-0.2, 0) is 9.53 Å². The van der Waals surface area contributed by atoms with Crippen molar-refractivity contribution in [1.29, 1.82) is 0 Å². The lowest BCUT2D eigenvalue weighted by molar-refractivity contribution is -0.192. The second-order valence-corrected chi connectivity index (χ2v) is 3.23. The van der Waals surface area contributed by atoms with Crippen molar-refractivity contribution in [2.75, 3.05) is 0 Å². The topological polar surface area (TPSA) is 26.3 Å². The molecule has 0 saturated carbocycles. The fourth-order valence-corrected chi connectivity index (χ4v) is 1.16. The molecule has 0 saturated heterocycles. The van der Waals surface area contributed by atoms with Crippen LogP contribution in [0.2, 0.25) is 0 Å². The summed E-state index contributed by atoms with van der Waals surface area (Å²) in [6.07, 6.45) is -3.09. The van der Waals surface area contributed by atoms with Gasteiger partial charge in [-0.1, -0.05) is 37.3 Å². The summed E-state index contributed by atoms with van der Waals surface area (Å²) in [6.45, 7) is 1.74. The normalized spacial score (nSPS) is 12.4. The molecule has 0 aromatic heterocycles.